The van der Waals surface area contributed by atoms with Crippen molar-refractivity contribution in [2.75, 3.05) is 5.32 Å². The standard InChI is InChI=1S/C25H25N5O/c1-16(2)17-6-8-18(9-7-17)22-4-3-5-23-28-25(29-30(22)23)27-21-12-10-19(11-13-21)24(31)26-20-14-15-20/h3-13,16,20H,14-15H2,1-2H3,(H,26,31)(H,27,29). The molecule has 1 aliphatic rings. The number of aromatic nitrogens is 3. The molecule has 31 heavy (non-hydrogen) atoms. The lowest BCUT2D eigenvalue weighted by molar-refractivity contribution is 0.0951. The summed E-state index contributed by atoms with van der Waals surface area (Å²) in [5, 5.41) is 10.9. The Balaban J connectivity index is 1.37. The quantitative estimate of drug-likeness (QED) is 0.460. The van der Waals surface area contributed by atoms with Gasteiger partial charge in [0, 0.05) is 22.9 Å². The molecular formula is C25H25N5O. The number of carbonyl (C=O) groups excluding carboxylic acids is 1. The topological polar surface area (TPSA) is 71.3 Å². The number of benzene rings is 2. The summed E-state index contributed by atoms with van der Waals surface area (Å²) in [5.74, 6) is 0.993. The Labute approximate surface area is 181 Å². The molecule has 1 amide bonds. The van der Waals surface area contributed by atoms with Gasteiger partial charge in [0.25, 0.3) is 5.91 Å². The summed E-state index contributed by atoms with van der Waals surface area (Å²) in [6.07, 6.45) is 2.16. The predicted molar refractivity (Wildman–Crippen MR) is 123 cm³/mol. The van der Waals surface area contributed by atoms with Gasteiger partial charge in [0.15, 0.2) is 5.65 Å². The Kier molecular flexibility index (Phi) is 4.90. The van der Waals surface area contributed by atoms with Crippen molar-refractivity contribution in [2.24, 2.45) is 0 Å². The van der Waals surface area contributed by atoms with Crippen LogP contribution in [0.1, 0.15) is 48.5 Å². The van der Waals surface area contributed by atoms with Gasteiger partial charge in [-0.05, 0) is 60.7 Å². The number of pyridine rings is 1. The first-order chi connectivity index (χ1) is 15.1. The van der Waals surface area contributed by atoms with E-state index in [1.54, 1.807) is 0 Å². The van der Waals surface area contributed by atoms with E-state index >= 15 is 0 Å². The summed E-state index contributed by atoms with van der Waals surface area (Å²) < 4.78 is 1.85. The first-order valence-electron chi connectivity index (χ1n) is 10.7. The van der Waals surface area contributed by atoms with Gasteiger partial charge in [-0.2, -0.15) is 4.98 Å². The average Bonchev–Trinajstić information content (AvgIpc) is 3.50. The average molecular weight is 412 g/mol. The van der Waals surface area contributed by atoms with Crippen LogP contribution < -0.4 is 10.6 Å². The van der Waals surface area contributed by atoms with E-state index < -0.39 is 0 Å². The number of hydrogen-bond acceptors (Lipinski definition) is 4. The Bertz CT molecular complexity index is 1220. The second-order valence-corrected chi connectivity index (χ2v) is 8.34. The zero-order valence-corrected chi connectivity index (χ0v) is 17.7. The Morgan fingerprint density at radius 3 is 2.42 bits per heavy atom. The first kappa shape index (κ1) is 19.3. The number of nitrogens with zero attached hydrogens (tertiary/aromatic N) is 3. The van der Waals surface area contributed by atoms with Crippen LogP contribution in [-0.4, -0.2) is 26.5 Å². The summed E-state index contributed by atoms with van der Waals surface area (Å²) >= 11 is 0. The molecule has 5 rings (SSSR count). The largest absolute Gasteiger partial charge is 0.349 e. The molecule has 0 aliphatic heterocycles. The Hall–Kier alpha value is -3.67. The summed E-state index contributed by atoms with van der Waals surface area (Å²) in [4.78, 5) is 16.8. The Morgan fingerprint density at radius 1 is 1.00 bits per heavy atom. The monoisotopic (exact) mass is 411 g/mol. The van der Waals surface area contributed by atoms with Crippen molar-refractivity contribution in [3.63, 3.8) is 0 Å². The highest BCUT2D eigenvalue weighted by Crippen LogP contribution is 2.25. The molecule has 6 nitrogen and oxygen atoms in total. The Morgan fingerprint density at radius 2 is 1.74 bits per heavy atom. The fraction of sp³-hybridized carbons (Fsp3) is 0.240. The number of carbonyl (C=O) groups is 1. The van der Waals surface area contributed by atoms with E-state index in [9.17, 15) is 4.79 Å². The molecule has 0 atom stereocenters. The molecule has 4 aromatic rings. The second-order valence-electron chi connectivity index (χ2n) is 8.34. The molecule has 0 spiro atoms. The maximum atomic E-state index is 12.2. The maximum absolute atomic E-state index is 12.2. The number of amides is 1. The van der Waals surface area contributed by atoms with Crippen LogP contribution in [0.4, 0.5) is 11.6 Å². The lowest BCUT2D eigenvalue weighted by Gasteiger charge is -2.08. The fourth-order valence-corrected chi connectivity index (χ4v) is 3.55. The van der Waals surface area contributed by atoms with Crippen molar-refractivity contribution in [3.05, 3.63) is 77.9 Å². The molecule has 1 fully saturated rings. The first-order valence-corrected chi connectivity index (χ1v) is 10.7. The minimum Gasteiger partial charge on any atom is -0.349 e. The second kappa shape index (κ2) is 7.87. The highest BCUT2D eigenvalue weighted by molar-refractivity contribution is 5.95. The third-order valence-electron chi connectivity index (χ3n) is 5.55. The van der Waals surface area contributed by atoms with E-state index in [4.69, 9.17) is 0 Å². The third kappa shape index (κ3) is 4.14. The van der Waals surface area contributed by atoms with Crippen LogP contribution in [0.25, 0.3) is 16.9 Å². The summed E-state index contributed by atoms with van der Waals surface area (Å²) in [5.41, 5.74) is 5.66. The number of nitrogens with one attached hydrogen (secondary N) is 2. The van der Waals surface area contributed by atoms with Gasteiger partial charge in [-0.15, -0.1) is 5.10 Å². The van der Waals surface area contributed by atoms with Gasteiger partial charge in [0.05, 0.1) is 5.69 Å². The molecule has 1 aliphatic carbocycles. The van der Waals surface area contributed by atoms with E-state index in [1.165, 1.54) is 5.56 Å². The van der Waals surface area contributed by atoms with E-state index in [-0.39, 0.29) is 5.91 Å². The molecule has 2 N–H and O–H groups in total. The summed E-state index contributed by atoms with van der Waals surface area (Å²) in [7, 11) is 0. The molecule has 0 saturated heterocycles. The molecule has 156 valence electrons. The highest BCUT2D eigenvalue weighted by atomic mass is 16.1. The van der Waals surface area contributed by atoms with Crippen LogP contribution in [-0.2, 0) is 0 Å². The van der Waals surface area contributed by atoms with Crippen LogP contribution in [0.2, 0.25) is 0 Å². The number of fused-ring (bicyclic) bond motifs is 1. The zero-order valence-electron chi connectivity index (χ0n) is 17.7. The molecule has 2 heterocycles. The van der Waals surface area contributed by atoms with E-state index in [1.807, 2.05) is 47.0 Å². The van der Waals surface area contributed by atoms with Crippen molar-refractivity contribution in [3.8, 4) is 11.3 Å². The SMILES string of the molecule is CC(C)c1ccc(-c2cccc3nc(Nc4ccc(C(=O)NC5CC5)cc4)nn23)cc1. The van der Waals surface area contributed by atoms with Crippen LogP contribution >= 0.6 is 0 Å². The van der Waals surface area contributed by atoms with Gasteiger partial charge in [-0.25, -0.2) is 4.52 Å². The van der Waals surface area contributed by atoms with Gasteiger partial charge in [0.1, 0.15) is 0 Å². The summed E-state index contributed by atoms with van der Waals surface area (Å²) in [6.45, 7) is 4.38. The van der Waals surface area contributed by atoms with Gasteiger partial charge in [-0.1, -0.05) is 44.2 Å². The van der Waals surface area contributed by atoms with Crippen molar-refractivity contribution in [1.82, 2.24) is 19.9 Å². The lowest BCUT2D eigenvalue weighted by Crippen LogP contribution is -2.25. The van der Waals surface area contributed by atoms with Crippen LogP contribution in [0.5, 0.6) is 0 Å². The minimum absolute atomic E-state index is 0.0203. The highest BCUT2D eigenvalue weighted by Gasteiger charge is 2.23. The summed E-state index contributed by atoms with van der Waals surface area (Å²) in [6, 6.07) is 22.3. The minimum atomic E-state index is -0.0203. The normalized spacial score (nSPS) is 13.5. The smallest absolute Gasteiger partial charge is 0.251 e. The zero-order chi connectivity index (χ0) is 21.4. The molecule has 0 unspecified atom stereocenters. The predicted octanol–water partition coefficient (Wildman–Crippen LogP) is 5.16. The van der Waals surface area contributed by atoms with E-state index in [2.05, 4.69) is 58.8 Å². The molecular weight excluding hydrogens is 386 g/mol. The van der Waals surface area contributed by atoms with Crippen molar-refractivity contribution < 1.29 is 4.79 Å². The van der Waals surface area contributed by atoms with E-state index in [0.717, 1.165) is 35.4 Å². The molecule has 1 saturated carbocycles. The fourth-order valence-electron chi connectivity index (χ4n) is 3.55. The van der Waals surface area contributed by atoms with Crippen LogP contribution in [0, 0.1) is 0 Å². The molecule has 2 aromatic carbocycles. The van der Waals surface area contributed by atoms with Crippen molar-refractivity contribution >= 4 is 23.2 Å². The molecule has 6 heteroatoms. The van der Waals surface area contributed by atoms with Gasteiger partial charge in [-0.3, -0.25) is 4.79 Å². The number of anilines is 2. The maximum Gasteiger partial charge on any atom is 0.251 e. The van der Waals surface area contributed by atoms with E-state index in [0.29, 0.717) is 23.5 Å². The van der Waals surface area contributed by atoms with Gasteiger partial charge in [0.2, 0.25) is 5.95 Å². The van der Waals surface area contributed by atoms with Crippen LogP contribution in [0.15, 0.2) is 66.7 Å². The van der Waals surface area contributed by atoms with Crippen LogP contribution in [0.3, 0.4) is 0 Å². The number of hydrogen-bond donors (Lipinski definition) is 2. The number of rotatable bonds is 6. The molecule has 2 aromatic heterocycles. The third-order valence-corrected chi connectivity index (χ3v) is 5.55. The van der Waals surface area contributed by atoms with Gasteiger partial charge >= 0.3 is 0 Å². The lowest BCUT2D eigenvalue weighted by atomic mass is 10.0. The van der Waals surface area contributed by atoms with Gasteiger partial charge < -0.3 is 10.6 Å². The van der Waals surface area contributed by atoms with Crippen molar-refractivity contribution in [2.45, 2.75) is 38.6 Å². The van der Waals surface area contributed by atoms with Crippen molar-refractivity contribution in [1.29, 1.82) is 0 Å². The molecule has 0 radical (unpaired) electrons. The molecule has 0 bridgehead atoms.